The van der Waals surface area contributed by atoms with Crippen molar-refractivity contribution in [3.63, 3.8) is 0 Å². The molecule has 0 aliphatic heterocycles. The lowest BCUT2D eigenvalue weighted by Gasteiger charge is -1.90. The van der Waals surface area contributed by atoms with Crippen molar-refractivity contribution >= 4 is 0 Å². The van der Waals surface area contributed by atoms with Gasteiger partial charge in [0.25, 0.3) is 0 Å². The summed E-state index contributed by atoms with van der Waals surface area (Å²) in [7, 11) is 0. The van der Waals surface area contributed by atoms with Crippen molar-refractivity contribution in [1.29, 1.82) is 0 Å². The Bertz CT molecular complexity index is 162. The molecule has 9 heavy (non-hydrogen) atoms. The third-order valence-corrected chi connectivity index (χ3v) is 1.03. The third kappa shape index (κ3) is 1.80. The zero-order valence-corrected chi connectivity index (χ0v) is 4.97. The van der Waals surface area contributed by atoms with Gasteiger partial charge in [-0.25, -0.2) is 0 Å². The summed E-state index contributed by atoms with van der Waals surface area (Å²) in [4.78, 5) is 3.71. The maximum absolute atomic E-state index is 11.6. The summed E-state index contributed by atoms with van der Waals surface area (Å²) in [5.74, 6) is 0. The molecule has 0 atom stereocenters. The zero-order valence-electron chi connectivity index (χ0n) is 4.97. The monoisotopic (exact) mass is 124 g/mol. The van der Waals surface area contributed by atoms with Gasteiger partial charge in [-0.3, -0.25) is 9.37 Å². The number of hydrogen-bond donors (Lipinski definition) is 0. The van der Waals surface area contributed by atoms with Gasteiger partial charge in [-0.15, -0.1) is 0 Å². The largest absolute Gasteiger partial charge is 0.254 e. The summed E-state index contributed by atoms with van der Waals surface area (Å²) < 4.78 is 11.6. The fraction of sp³-hybridized carbons (Fsp3) is 0.286. The molecule has 47 valence electrons. The molecule has 0 saturated heterocycles. The van der Waals surface area contributed by atoms with Crippen molar-refractivity contribution in [3.05, 3.63) is 30.1 Å². The van der Waals surface area contributed by atoms with Gasteiger partial charge in [-0.2, -0.15) is 0 Å². The highest BCUT2D eigenvalue weighted by molar-refractivity contribution is 5.06. The van der Waals surface area contributed by atoms with E-state index in [-0.39, 0.29) is 6.67 Å². The second-order valence-electron chi connectivity index (χ2n) is 1.71. The Labute approximate surface area is 53.5 Å². The maximum atomic E-state index is 11.6. The molecule has 1 aromatic heterocycles. The Morgan fingerprint density at radius 2 is 2.56 bits per heavy atom. The van der Waals surface area contributed by atoms with Crippen molar-refractivity contribution in [2.45, 2.75) is 6.42 Å². The van der Waals surface area contributed by atoms with Crippen molar-refractivity contribution in [2.24, 2.45) is 0 Å². The molecule has 1 aromatic rings. The van der Waals surface area contributed by atoms with Crippen LogP contribution in [0.5, 0.6) is 0 Å². The summed E-state index contributed by atoms with van der Waals surface area (Å²) >= 11 is 0. The average molecular weight is 124 g/mol. The Kier molecular flexibility index (Phi) is 2.19. The van der Waals surface area contributed by atoms with Crippen LogP contribution in [0.1, 0.15) is 5.56 Å². The van der Waals surface area contributed by atoms with Crippen LogP contribution in [-0.4, -0.2) is 11.7 Å². The van der Waals surface area contributed by atoms with Gasteiger partial charge in [0.2, 0.25) is 0 Å². The van der Waals surface area contributed by atoms with E-state index in [2.05, 4.69) is 11.2 Å². The molecule has 1 nitrogen and oxygen atoms in total. The minimum absolute atomic E-state index is 0.331. The summed E-state index contributed by atoms with van der Waals surface area (Å²) in [6, 6.07) is 3.59. The van der Waals surface area contributed by atoms with Crippen LogP contribution in [0.25, 0.3) is 0 Å². The average Bonchev–Trinajstić information content (AvgIpc) is 1.91. The van der Waals surface area contributed by atoms with Crippen LogP contribution in [0.2, 0.25) is 0 Å². The molecule has 0 amide bonds. The zero-order chi connectivity index (χ0) is 6.53. The first kappa shape index (κ1) is 6.20. The molecule has 0 aromatic carbocycles. The molecule has 0 fully saturated rings. The fourth-order valence-corrected chi connectivity index (χ4v) is 0.601. The molecule has 1 radical (unpaired) electrons. The lowest BCUT2D eigenvalue weighted by atomic mass is 10.2. The van der Waals surface area contributed by atoms with E-state index in [1.807, 2.05) is 6.07 Å². The van der Waals surface area contributed by atoms with Crippen molar-refractivity contribution in [3.8, 4) is 0 Å². The molecule has 0 spiro atoms. The third-order valence-electron chi connectivity index (χ3n) is 1.03. The van der Waals surface area contributed by atoms with Gasteiger partial charge in [0.15, 0.2) is 0 Å². The second kappa shape index (κ2) is 3.17. The molecule has 0 unspecified atom stereocenters. The Morgan fingerprint density at radius 3 is 3.11 bits per heavy atom. The molecule has 1 heterocycles. The second-order valence-corrected chi connectivity index (χ2v) is 1.71. The van der Waals surface area contributed by atoms with E-state index in [1.165, 1.54) is 0 Å². The van der Waals surface area contributed by atoms with Crippen LogP contribution < -0.4 is 0 Å². The first-order valence-corrected chi connectivity index (χ1v) is 2.81. The van der Waals surface area contributed by atoms with Gasteiger partial charge in [-0.1, -0.05) is 6.07 Å². The van der Waals surface area contributed by atoms with E-state index in [9.17, 15) is 4.39 Å². The molecule has 0 bridgehead atoms. The van der Waals surface area contributed by atoms with E-state index in [1.54, 1.807) is 12.3 Å². The van der Waals surface area contributed by atoms with Crippen LogP contribution in [0.15, 0.2) is 18.3 Å². The number of pyridine rings is 1. The van der Waals surface area contributed by atoms with E-state index in [4.69, 9.17) is 0 Å². The van der Waals surface area contributed by atoms with Crippen LogP contribution in [-0.2, 0) is 6.42 Å². The van der Waals surface area contributed by atoms with Crippen molar-refractivity contribution < 1.29 is 4.39 Å². The normalized spacial score (nSPS) is 9.44. The standard InChI is InChI=1S/C7H7FN/c8-4-3-7-2-1-5-9-6-7/h1-2,5H,3-4H2. The van der Waals surface area contributed by atoms with Crippen molar-refractivity contribution in [2.75, 3.05) is 6.67 Å². The highest BCUT2D eigenvalue weighted by Crippen LogP contribution is 1.94. The van der Waals surface area contributed by atoms with Gasteiger partial charge in [0.05, 0.1) is 12.9 Å². The van der Waals surface area contributed by atoms with E-state index < -0.39 is 0 Å². The number of aromatic nitrogens is 1. The van der Waals surface area contributed by atoms with E-state index >= 15 is 0 Å². The minimum atomic E-state index is -0.331. The van der Waals surface area contributed by atoms with Crippen LogP contribution in [0, 0.1) is 6.20 Å². The fourth-order valence-electron chi connectivity index (χ4n) is 0.601. The van der Waals surface area contributed by atoms with Gasteiger partial charge in [-0.05, 0) is 11.6 Å². The predicted octanol–water partition coefficient (Wildman–Crippen LogP) is 1.39. The molecule has 1 rings (SSSR count). The van der Waals surface area contributed by atoms with Gasteiger partial charge >= 0.3 is 0 Å². The Hall–Kier alpha value is -0.920. The van der Waals surface area contributed by atoms with Crippen molar-refractivity contribution in [1.82, 2.24) is 4.98 Å². The van der Waals surface area contributed by atoms with E-state index in [0.717, 1.165) is 5.56 Å². The molecule has 2 heteroatoms. The Balaban J connectivity index is 2.61. The number of aryl methyl sites for hydroxylation is 1. The number of halogens is 1. The lowest BCUT2D eigenvalue weighted by molar-refractivity contribution is 0.495. The van der Waals surface area contributed by atoms with Gasteiger partial charge in [0.1, 0.15) is 0 Å². The Morgan fingerprint density at radius 1 is 1.67 bits per heavy atom. The number of alkyl halides is 1. The first-order chi connectivity index (χ1) is 4.43. The molecule has 0 aliphatic carbocycles. The molecular formula is C7H7FN. The molecule has 0 aliphatic rings. The topological polar surface area (TPSA) is 12.9 Å². The molecule has 0 saturated carbocycles. The van der Waals surface area contributed by atoms with E-state index in [0.29, 0.717) is 6.42 Å². The number of hydrogen-bond acceptors (Lipinski definition) is 1. The summed E-state index contributed by atoms with van der Waals surface area (Å²) in [6.07, 6.45) is 4.73. The SMILES string of the molecule is FCCc1[c]nccc1. The smallest absolute Gasteiger partial charge is 0.0935 e. The predicted molar refractivity (Wildman–Crippen MR) is 32.8 cm³/mol. The van der Waals surface area contributed by atoms with Crippen LogP contribution >= 0.6 is 0 Å². The first-order valence-electron chi connectivity index (χ1n) is 2.81. The van der Waals surface area contributed by atoms with Gasteiger partial charge < -0.3 is 0 Å². The highest BCUT2D eigenvalue weighted by Gasteiger charge is 1.88. The van der Waals surface area contributed by atoms with Gasteiger partial charge in [0, 0.05) is 12.6 Å². The molecular weight excluding hydrogens is 117 g/mol. The number of rotatable bonds is 2. The summed E-state index contributed by atoms with van der Waals surface area (Å²) in [5, 5.41) is 0. The van der Waals surface area contributed by atoms with Crippen LogP contribution in [0.3, 0.4) is 0 Å². The summed E-state index contributed by atoms with van der Waals surface area (Å²) in [5.41, 5.74) is 0.833. The lowest BCUT2D eigenvalue weighted by Crippen LogP contribution is -1.86. The summed E-state index contributed by atoms with van der Waals surface area (Å²) in [6.45, 7) is -0.331. The maximum Gasteiger partial charge on any atom is 0.0935 e. The highest BCUT2D eigenvalue weighted by atomic mass is 19.1. The quantitative estimate of drug-likeness (QED) is 0.580. The number of nitrogens with zero attached hydrogens (tertiary/aromatic N) is 1. The minimum Gasteiger partial charge on any atom is -0.254 e. The van der Waals surface area contributed by atoms with Crippen LogP contribution in [0.4, 0.5) is 4.39 Å². The molecule has 0 N–H and O–H groups in total.